The van der Waals surface area contributed by atoms with Gasteiger partial charge in [-0.05, 0) is 36.6 Å². The quantitative estimate of drug-likeness (QED) is 0.796. The van der Waals surface area contributed by atoms with Crippen LogP contribution >= 0.6 is 10.7 Å². The maximum Gasteiger partial charge on any atom is 0.232 e. The highest BCUT2D eigenvalue weighted by molar-refractivity contribution is 8.13. The van der Waals surface area contributed by atoms with E-state index >= 15 is 0 Å². The van der Waals surface area contributed by atoms with Gasteiger partial charge in [0.2, 0.25) is 9.05 Å². The topological polar surface area (TPSA) is 47.3 Å². The van der Waals surface area contributed by atoms with Crippen molar-refractivity contribution in [2.45, 2.75) is 13.3 Å². The van der Waals surface area contributed by atoms with Crippen LogP contribution in [0.2, 0.25) is 0 Å². The van der Waals surface area contributed by atoms with Gasteiger partial charge < -0.3 is 4.42 Å². The summed E-state index contributed by atoms with van der Waals surface area (Å²) in [6.45, 7) is 1.95. The number of benzene rings is 1. The Morgan fingerprint density at radius 2 is 2.12 bits per heavy atom. The van der Waals surface area contributed by atoms with E-state index in [0.29, 0.717) is 6.42 Å². The zero-order valence-corrected chi connectivity index (χ0v) is 10.3. The fraction of sp³-hybridized carbons (Fsp3) is 0.273. The lowest BCUT2D eigenvalue weighted by Crippen LogP contribution is -2.00. The molecule has 86 valence electrons. The van der Waals surface area contributed by atoms with E-state index in [-0.39, 0.29) is 5.75 Å². The summed E-state index contributed by atoms with van der Waals surface area (Å²) in [7, 11) is 1.74. The maximum atomic E-state index is 10.8. The van der Waals surface area contributed by atoms with E-state index in [1.54, 1.807) is 6.26 Å². The minimum Gasteiger partial charge on any atom is -0.464 e. The Morgan fingerprint density at radius 1 is 1.38 bits per heavy atom. The molecule has 0 fully saturated rings. The van der Waals surface area contributed by atoms with Crippen LogP contribution < -0.4 is 0 Å². The van der Waals surface area contributed by atoms with Crippen molar-refractivity contribution in [3.05, 3.63) is 35.6 Å². The third-order valence-electron chi connectivity index (χ3n) is 2.47. The lowest BCUT2D eigenvalue weighted by atomic mass is 10.1. The molecule has 0 radical (unpaired) electrons. The molecule has 5 heteroatoms. The van der Waals surface area contributed by atoms with Crippen LogP contribution in [0.3, 0.4) is 0 Å². The molecule has 16 heavy (non-hydrogen) atoms. The van der Waals surface area contributed by atoms with Crippen molar-refractivity contribution < 1.29 is 12.8 Å². The van der Waals surface area contributed by atoms with Gasteiger partial charge in [0.1, 0.15) is 5.58 Å². The second-order valence-electron chi connectivity index (χ2n) is 3.74. The summed E-state index contributed by atoms with van der Waals surface area (Å²) in [5.74, 6) is -0.0447. The van der Waals surface area contributed by atoms with Crippen LogP contribution in [-0.2, 0) is 15.5 Å². The van der Waals surface area contributed by atoms with Gasteiger partial charge in [0.15, 0.2) is 0 Å². The normalized spacial score (nSPS) is 12.1. The molecule has 2 aromatic rings. The predicted octanol–water partition coefficient (Wildman–Crippen LogP) is 2.85. The predicted molar refractivity (Wildman–Crippen MR) is 64.3 cm³/mol. The average Bonchev–Trinajstić information content (AvgIpc) is 2.56. The average molecular weight is 259 g/mol. The molecule has 3 nitrogen and oxygen atoms in total. The van der Waals surface area contributed by atoms with E-state index in [1.807, 2.05) is 25.1 Å². The lowest BCUT2D eigenvalue weighted by molar-refractivity contribution is 0.609. The summed E-state index contributed by atoms with van der Waals surface area (Å²) in [4.78, 5) is 0. The number of halogens is 1. The zero-order chi connectivity index (χ0) is 11.8. The number of fused-ring (bicyclic) bond motifs is 1. The summed E-state index contributed by atoms with van der Waals surface area (Å²) < 4.78 is 27.0. The number of rotatable bonds is 3. The second-order valence-corrected chi connectivity index (χ2v) is 6.64. The monoisotopic (exact) mass is 258 g/mol. The van der Waals surface area contributed by atoms with Gasteiger partial charge in [-0.25, -0.2) is 8.42 Å². The van der Waals surface area contributed by atoms with Crippen LogP contribution in [0.25, 0.3) is 11.0 Å². The largest absolute Gasteiger partial charge is 0.464 e. The molecule has 0 N–H and O–H groups in total. The standard InChI is InChI=1S/C11H11ClO3S/c1-8-7-15-11-3-2-9(6-10(8)11)4-5-16(12,13)14/h2-3,6-7H,4-5H2,1H3. The van der Waals surface area contributed by atoms with Crippen LogP contribution in [0.1, 0.15) is 11.1 Å². The van der Waals surface area contributed by atoms with Gasteiger partial charge in [-0.1, -0.05) is 6.07 Å². The molecule has 1 aromatic carbocycles. The van der Waals surface area contributed by atoms with Crippen LogP contribution in [0.5, 0.6) is 0 Å². The number of hydrogen-bond donors (Lipinski definition) is 0. The fourth-order valence-electron chi connectivity index (χ4n) is 1.60. The van der Waals surface area contributed by atoms with Gasteiger partial charge in [0, 0.05) is 16.1 Å². The van der Waals surface area contributed by atoms with E-state index in [0.717, 1.165) is 22.1 Å². The van der Waals surface area contributed by atoms with Gasteiger partial charge >= 0.3 is 0 Å². The van der Waals surface area contributed by atoms with Crippen molar-refractivity contribution in [3.63, 3.8) is 0 Å². The molecule has 0 aliphatic carbocycles. The molecule has 1 aromatic heterocycles. The highest BCUT2D eigenvalue weighted by atomic mass is 35.7. The smallest absolute Gasteiger partial charge is 0.232 e. The summed E-state index contributed by atoms with van der Waals surface area (Å²) in [5, 5.41) is 1.02. The first-order valence-electron chi connectivity index (χ1n) is 4.85. The summed E-state index contributed by atoms with van der Waals surface area (Å²) in [5.41, 5.74) is 2.81. The van der Waals surface area contributed by atoms with Crippen LogP contribution in [-0.4, -0.2) is 14.2 Å². The Bertz CT molecular complexity index is 613. The van der Waals surface area contributed by atoms with E-state index in [1.165, 1.54) is 0 Å². The lowest BCUT2D eigenvalue weighted by Gasteiger charge is -1.99. The highest BCUT2D eigenvalue weighted by Crippen LogP contribution is 2.22. The molecule has 0 unspecified atom stereocenters. The van der Waals surface area contributed by atoms with Crippen molar-refractivity contribution in [2.75, 3.05) is 5.75 Å². The van der Waals surface area contributed by atoms with Crippen LogP contribution in [0.15, 0.2) is 28.9 Å². The maximum absolute atomic E-state index is 10.8. The van der Waals surface area contributed by atoms with Gasteiger partial charge in [-0.3, -0.25) is 0 Å². The van der Waals surface area contributed by atoms with Gasteiger partial charge in [-0.15, -0.1) is 0 Å². The Labute approximate surface area is 98.4 Å². The second kappa shape index (κ2) is 4.11. The molecule has 1 heterocycles. The summed E-state index contributed by atoms with van der Waals surface area (Å²) in [6.07, 6.45) is 2.11. The highest BCUT2D eigenvalue weighted by Gasteiger charge is 2.07. The van der Waals surface area contributed by atoms with Crippen molar-refractivity contribution >= 4 is 30.7 Å². The Hall–Kier alpha value is -1.00. The minimum atomic E-state index is -3.42. The third kappa shape index (κ3) is 2.57. The van der Waals surface area contributed by atoms with E-state index in [9.17, 15) is 8.42 Å². The van der Waals surface area contributed by atoms with Crippen molar-refractivity contribution in [2.24, 2.45) is 0 Å². The number of aryl methyl sites for hydroxylation is 2. The molecule has 0 amide bonds. The zero-order valence-electron chi connectivity index (χ0n) is 8.73. The first kappa shape index (κ1) is 11.5. The number of furan rings is 1. The van der Waals surface area contributed by atoms with Crippen molar-refractivity contribution in [1.82, 2.24) is 0 Å². The van der Waals surface area contributed by atoms with E-state index in [2.05, 4.69) is 0 Å². The summed E-state index contributed by atoms with van der Waals surface area (Å²) in [6, 6.07) is 5.64. The van der Waals surface area contributed by atoms with Crippen molar-refractivity contribution in [1.29, 1.82) is 0 Å². The molecule has 0 atom stereocenters. The molecule has 2 rings (SSSR count). The van der Waals surface area contributed by atoms with Crippen LogP contribution in [0.4, 0.5) is 0 Å². The van der Waals surface area contributed by atoms with E-state index < -0.39 is 9.05 Å². The SMILES string of the molecule is Cc1coc2ccc(CCS(=O)(=O)Cl)cc12. The minimum absolute atomic E-state index is 0.0447. The Kier molecular flexibility index (Phi) is 2.95. The Morgan fingerprint density at radius 3 is 2.81 bits per heavy atom. The molecule has 0 saturated heterocycles. The third-order valence-corrected chi connectivity index (χ3v) is 3.62. The number of hydrogen-bond acceptors (Lipinski definition) is 3. The molecule has 0 spiro atoms. The van der Waals surface area contributed by atoms with Gasteiger partial charge in [0.25, 0.3) is 0 Å². The van der Waals surface area contributed by atoms with E-state index in [4.69, 9.17) is 15.1 Å². The van der Waals surface area contributed by atoms with Crippen molar-refractivity contribution in [3.8, 4) is 0 Å². The molecule has 0 saturated carbocycles. The summed E-state index contributed by atoms with van der Waals surface area (Å²) >= 11 is 0. The first-order valence-corrected chi connectivity index (χ1v) is 7.32. The molecule has 0 aliphatic rings. The molecule has 0 aliphatic heterocycles. The molecular formula is C11H11ClO3S. The first-order chi connectivity index (χ1) is 7.46. The van der Waals surface area contributed by atoms with Gasteiger partial charge in [-0.2, -0.15) is 0 Å². The van der Waals surface area contributed by atoms with Crippen LogP contribution in [0, 0.1) is 6.92 Å². The fourth-order valence-corrected chi connectivity index (χ4v) is 2.31. The Balaban J connectivity index is 2.29. The molecule has 0 bridgehead atoms. The van der Waals surface area contributed by atoms with Gasteiger partial charge in [0.05, 0.1) is 12.0 Å². The molecular weight excluding hydrogens is 248 g/mol.